The third kappa shape index (κ3) is 4.22. The van der Waals surface area contributed by atoms with Crippen LogP contribution in [-0.4, -0.2) is 39.6 Å². The minimum absolute atomic E-state index is 0.194. The average Bonchev–Trinajstić information content (AvgIpc) is 3.00. The summed E-state index contributed by atoms with van der Waals surface area (Å²) in [5, 5.41) is 20.2. The molecule has 1 saturated carbocycles. The molecule has 1 fully saturated rings. The molecule has 2 amide bonds. The zero-order valence-corrected chi connectivity index (χ0v) is 13.9. The second kappa shape index (κ2) is 7.13. The highest BCUT2D eigenvalue weighted by atomic mass is 16.3. The molecule has 6 nitrogen and oxygen atoms in total. The zero-order chi connectivity index (χ0) is 16.2. The Bertz CT molecular complexity index is 518. The Hall–Kier alpha value is -1.56. The number of aliphatic hydroxyl groups is 1. The normalized spacial score (nSPS) is 16.7. The van der Waals surface area contributed by atoms with Crippen molar-refractivity contribution >= 4 is 6.03 Å². The van der Waals surface area contributed by atoms with Crippen LogP contribution in [0.3, 0.4) is 0 Å². The standard InChI is InChI=1S/C16H28N4O2/c1-12-14(13(2)20(3)19-12)7-6-10-17-15(21)18-11-16(22)8-4-5-9-16/h22H,4-11H2,1-3H3,(H2,17,18,21). The van der Waals surface area contributed by atoms with E-state index in [9.17, 15) is 9.90 Å². The fourth-order valence-corrected chi connectivity index (χ4v) is 3.16. The van der Waals surface area contributed by atoms with E-state index in [1.54, 1.807) is 0 Å². The third-order valence-electron chi connectivity index (χ3n) is 4.66. The molecule has 0 saturated heterocycles. The minimum atomic E-state index is -0.693. The smallest absolute Gasteiger partial charge is 0.314 e. The first kappa shape index (κ1) is 16.8. The summed E-state index contributed by atoms with van der Waals surface area (Å²) in [5.41, 5.74) is 2.82. The molecule has 2 rings (SSSR count). The van der Waals surface area contributed by atoms with E-state index in [2.05, 4.69) is 22.7 Å². The van der Waals surface area contributed by atoms with E-state index in [0.29, 0.717) is 13.1 Å². The topological polar surface area (TPSA) is 79.2 Å². The number of aromatic nitrogens is 2. The minimum Gasteiger partial charge on any atom is -0.388 e. The van der Waals surface area contributed by atoms with Crippen molar-refractivity contribution in [3.63, 3.8) is 0 Å². The van der Waals surface area contributed by atoms with Gasteiger partial charge in [0.2, 0.25) is 0 Å². The van der Waals surface area contributed by atoms with Gasteiger partial charge >= 0.3 is 6.03 Å². The lowest BCUT2D eigenvalue weighted by molar-refractivity contribution is 0.0501. The maximum absolute atomic E-state index is 11.7. The van der Waals surface area contributed by atoms with E-state index < -0.39 is 5.60 Å². The molecule has 124 valence electrons. The number of carbonyl (C=O) groups excluding carboxylic acids is 1. The molecule has 0 aliphatic heterocycles. The van der Waals surface area contributed by atoms with Gasteiger partial charge in [0.1, 0.15) is 0 Å². The van der Waals surface area contributed by atoms with Gasteiger partial charge < -0.3 is 15.7 Å². The summed E-state index contributed by atoms with van der Waals surface area (Å²) in [5.74, 6) is 0. The predicted octanol–water partition coefficient (Wildman–Crippen LogP) is 1.57. The quantitative estimate of drug-likeness (QED) is 0.698. The van der Waals surface area contributed by atoms with Crippen LogP contribution < -0.4 is 10.6 Å². The molecule has 1 aliphatic rings. The fourth-order valence-electron chi connectivity index (χ4n) is 3.16. The summed E-state index contributed by atoms with van der Waals surface area (Å²) in [6, 6.07) is -0.194. The lowest BCUT2D eigenvalue weighted by Gasteiger charge is -2.22. The van der Waals surface area contributed by atoms with Crippen molar-refractivity contribution in [2.24, 2.45) is 7.05 Å². The Labute approximate surface area is 132 Å². The number of amides is 2. The largest absolute Gasteiger partial charge is 0.388 e. The number of carbonyl (C=O) groups is 1. The summed E-state index contributed by atoms with van der Waals surface area (Å²) in [4.78, 5) is 11.7. The van der Waals surface area contributed by atoms with Gasteiger partial charge in [-0.1, -0.05) is 12.8 Å². The maximum Gasteiger partial charge on any atom is 0.314 e. The van der Waals surface area contributed by atoms with Gasteiger partial charge in [0.25, 0.3) is 0 Å². The first-order valence-corrected chi connectivity index (χ1v) is 8.14. The summed E-state index contributed by atoms with van der Waals surface area (Å²) in [6.07, 6.45) is 5.45. The maximum atomic E-state index is 11.7. The highest BCUT2D eigenvalue weighted by molar-refractivity contribution is 5.73. The lowest BCUT2D eigenvalue weighted by atomic mass is 10.0. The van der Waals surface area contributed by atoms with Gasteiger partial charge in [-0.05, 0) is 45.1 Å². The molecule has 22 heavy (non-hydrogen) atoms. The number of rotatable bonds is 6. The Morgan fingerprint density at radius 1 is 1.32 bits per heavy atom. The number of nitrogens with zero attached hydrogens (tertiary/aromatic N) is 2. The molecule has 0 bridgehead atoms. The molecule has 0 unspecified atom stereocenters. The van der Waals surface area contributed by atoms with Crippen molar-refractivity contribution < 1.29 is 9.90 Å². The molecular weight excluding hydrogens is 280 g/mol. The zero-order valence-electron chi connectivity index (χ0n) is 13.9. The van der Waals surface area contributed by atoms with Gasteiger partial charge in [-0.3, -0.25) is 4.68 Å². The van der Waals surface area contributed by atoms with E-state index in [1.165, 1.54) is 11.3 Å². The van der Waals surface area contributed by atoms with Crippen LogP contribution in [0.4, 0.5) is 4.79 Å². The van der Waals surface area contributed by atoms with Crippen LogP contribution in [0.5, 0.6) is 0 Å². The van der Waals surface area contributed by atoms with Crippen LogP contribution in [0, 0.1) is 13.8 Å². The number of aryl methyl sites for hydroxylation is 2. The van der Waals surface area contributed by atoms with Crippen molar-refractivity contribution in [1.82, 2.24) is 20.4 Å². The fraction of sp³-hybridized carbons (Fsp3) is 0.750. The highest BCUT2D eigenvalue weighted by Crippen LogP contribution is 2.28. The van der Waals surface area contributed by atoms with E-state index >= 15 is 0 Å². The predicted molar refractivity (Wildman–Crippen MR) is 85.8 cm³/mol. The van der Waals surface area contributed by atoms with Crippen molar-refractivity contribution in [1.29, 1.82) is 0 Å². The van der Waals surface area contributed by atoms with Gasteiger partial charge in [-0.25, -0.2) is 4.79 Å². The summed E-state index contributed by atoms with van der Waals surface area (Å²) >= 11 is 0. The molecule has 1 heterocycles. The Morgan fingerprint density at radius 3 is 2.59 bits per heavy atom. The van der Waals surface area contributed by atoms with Crippen molar-refractivity contribution in [2.75, 3.05) is 13.1 Å². The van der Waals surface area contributed by atoms with Gasteiger partial charge in [-0.2, -0.15) is 5.10 Å². The first-order chi connectivity index (χ1) is 10.4. The molecule has 1 aliphatic carbocycles. The van der Waals surface area contributed by atoms with E-state index in [4.69, 9.17) is 0 Å². The van der Waals surface area contributed by atoms with Crippen molar-refractivity contribution in [3.8, 4) is 0 Å². The van der Waals surface area contributed by atoms with Crippen molar-refractivity contribution in [2.45, 2.75) is 58.0 Å². The monoisotopic (exact) mass is 308 g/mol. The van der Waals surface area contributed by atoms with Gasteiger partial charge in [-0.15, -0.1) is 0 Å². The Kier molecular flexibility index (Phi) is 5.45. The highest BCUT2D eigenvalue weighted by Gasteiger charge is 2.31. The summed E-state index contributed by atoms with van der Waals surface area (Å²) < 4.78 is 1.90. The second-order valence-electron chi connectivity index (χ2n) is 6.42. The van der Waals surface area contributed by atoms with Gasteiger partial charge in [0.15, 0.2) is 0 Å². The average molecular weight is 308 g/mol. The number of hydrogen-bond donors (Lipinski definition) is 3. The lowest BCUT2D eigenvalue weighted by Crippen LogP contribution is -2.45. The van der Waals surface area contributed by atoms with E-state index in [1.807, 2.05) is 18.7 Å². The Balaban J connectivity index is 1.65. The molecule has 0 atom stereocenters. The van der Waals surface area contributed by atoms with Crippen LogP contribution in [0.15, 0.2) is 0 Å². The molecular formula is C16H28N4O2. The molecule has 1 aromatic rings. The van der Waals surface area contributed by atoms with Gasteiger partial charge in [0, 0.05) is 25.8 Å². The van der Waals surface area contributed by atoms with Crippen molar-refractivity contribution in [3.05, 3.63) is 17.0 Å². The SMILES string of the molecule is Cc1nn(C)c(C)c1CCCNC(=O)NCC1(O)CCCC1. The molecule has 3 N–H and O–H groups in total. The van der Waals surface area contributed by atoms with Crippen LogP contribution in [0.2, 0.25) is 0 Å². The molecule has 0 radical (unpaired) electrons. The molecule has 0 aromatic carbocycles. The first-order valence-electron chi connectivity index (χ1n) is 8.14. The van der Waals surface area contributed by atoms with Crippen LogP contribution in [0.25, 0.3) is 0 Å². The number of hydrogen-bond acceptors (Lipinski definition) is 3. The van der Waals surface area contributed by atoms with E-state index in [-0.39, 0.29) is 6.03 Å². The van der Waals surface area contributed by atoms with Crippen LogP contribution >= 0.6 is 0 Å². The Morgan fingerprint density at radius 2 is 2.00 bits per heavy atom. The third-order valence-corrected chi connectivity index (χ3v) is 4.66. The summed E-state index contributed by atoms with van der Waals surface area (Å²) in [7, 11) is 1.95. The molecule has 0 spiro atoms. The van der Waals surface area contributed by atoms with E-state index in [0.717, 1.165) is 44.2 Å². The van der Waals surface area contributed by atoms with Crippen LogP contribution in [-0.2, 0) is 13.5 Å². The summed E-state index contributed by atoms with van der Waals surface area (Å²) in [6.45, 7) is 5.06. The van der Waals surface area contributed by atoms with Crippen LogP contribution in [0.1, 0.15) is 49.1 Å². The molecule has 6 heteroatoms. The number of urea groups is 1. The second-order valence-corrected chi connectivity index (χ2v) is 6.42. The molecule has 1 aromatic heterocycles. The number of nitrogens with one attached hydrogen (secondary N) is 2. The van der Waals surface area contributed by atoms with Gasteiger partial charge in [0.05, 0.1) is 11.3 Å².